The molecule has 0 spiro atoms. The highest BCUT2D eigenvalue weighted by Gasteiger charge is 2.33. The van der Waals surface area contributed by atoms with Gasteiger partial charge in [-0.2, -0.15) is 0 Å². The largest absolute Gasteiger partial charge is 0.308 e. The van der Waals surface area contributed by atoms with Crippen LogP contribution in [0.15, 0.2) is 24.3 Å². The second kappa shape index (κ2) is 7.44. The molecule has 3 heterocycles. The first-order valence-corrected chi connectivity index (χ1v) is 6.51. The van der Waals surface area contributed by atoms with Gasteiger partial charge in [0.05, 0.1) is 0 Å². The van der Waals surface area contributed by atoms with E-state index in [1.54, 1.807) is 0 Å². The molecule has 0 aromatic heterocycles. The van der Waals surface area contributed by atoms with Crippen LogP contribution in [0.1, 0.15) is 18.4 Å². The Morgan fingerprint density at radius 2 is 1.74 bits per heavy atom. The zero-order valence-corrected chi connectivity index (χ0v) is 12.5. The van der Waals surface area contributed by atoms with E-state index in [9.17, 15) is 4.39 Å². The van der Waals surface area contributed by atoms with Crippen molar-refractivity contribution in [1.29, 1.82) is 0 Å². The molecule has 3 aliphatic heterocycles. The number of nitrogens with zero attached hydrogens (tertiary/aromatic N) is 1. The predicted octanol–water partition coefficient (Wildman–Crippen LogP) is 2.85. The van der Waals surface area contributed by atoms with Gasteiger partial charge in [-0.05, 0) is 49.5 Å². The zero-order chi connectivity index (χ0) is 11.7. The van der Waals surface area contributed by atoms with Crippen molar-refractivity contribution in [2.24, 2.45) is 5.92 Å². The molecule has 3 saturated heterocycles. The average Bonchev–Trinajstić information content (AvgIpc) is 2.39. The van der Waals surface area contributed by atoms with Crippen molar-refractivity contribution in [3.05, 3.63) is 35.6 Å². The van der Waals surface area contributed by atoms with Crippen LogP contribution in [0, 0.1) is 11.7 Å². The smallest absolute Gasteiger partial charge is 0.123 e. The highest BCUT2D eigenvalue weighted by Crippen LogP contribution is 2.27. The molecule has 0 aliphatic carbocycles. The van der Waals surface area contributed by atoms with Crippen LogP contribution >= 0.6 is 24.8 Å². The van der Waals surface area contributed by atoms with Gasteiger partial charge >= 0.3 is 0 Å². The summed E-state index contributed by atoms with van der Waals surface area (Å²) in [5.41, 5.74) is 1.17. The summed E-state index contributed by atoms with van der Waals surface area (Å²) in [6.45, 7) is 4.60. The first kappa shape index (κ1) is 16.7. The van der Waals surface area contributed by atoms with Crippen molar-refractivity contribution in [3.63, 3.8) is 0 Å². The number of hydrogen-bond donors (Lipinski definition) is 1. The summed E-state index contributed by atoms with van der Waals surface area (Å²) in [6.07, 6.45) is 2.67. The number of fused-ring (bicyclic) bond motifs is 3. The monoisotopic (exact) mass is 306 g/mol. The lowest BCUT2D eigenvalue weighted by atomic mass is 9.84. The SMILES string of the molecule is Cl.Cl.Fc1ccc(CNC2CN3CCC2CC3)cc1. The fourth-order valence-electron chi connectivity index (χ4n) is 3.05. The fourth-order valence-corrected chi connectivity index (χ4v) is 3.05. The summed E-state index contributed by atoms with van der Waals surface area (Å²) < 4.78 is 12.8. The molecule has 0 saturated carbocycles. The van der Waals surface area contributed by atoms with Gasteiger partial charge in [-0.15, -0.1) is 24.8 Å². The third-order valence-corrected chi connectivity index (χ3v) is 4.14. The molecule has 5 heteroatoms. The molecule has 108 valence electrons. The zero-order valence-electron chi connectivity index (χ0n) is 10.8. The third kappa shape index (κ3) is 4.06. The molecule has 1 atom stereocenters. The Bertz CT molecular complexity index is 378. The van der Waals surface area contributed by atoms with Crippen LogP contribution in [0.25, 0.3) is 0 Å². The summed E-state index contributed by atoms with van der Waals surface area (Å²) in [7, 11) is 0. The number of nitrogens with one attached hydrogen (secondary N) is 1. The average molecular weight is 307 g/mol. The minimum Gasteiger partial charge on any atom is -0.308 e. The van der Waals surface area contributed by atoms with Gasteiger partial charge in [0.1, 0.15) is 5.82 Å². The van der Waals surface area contributed by atoms with Crippen LogP contribution in [0.3, 0.4) is 0 Å². The van der Waals surface area contributed by atoms with E-state index >= 15 is 0 Å². The number of benzene rings is 1. The fraction of sp³-hybridized carbons (Fsp3) is 0.571. The first-order chi connectivity index (χ1) is 8.31. The Morgan fingerprint density at radius 3 is 2.26 bits per heavy atom. The van der Waals surface area contributed by atoms with Crippen molar-refractivity contribution < 1.29 is 4.39 Å². The quantitative estimate of drug-likeness (QED) is 0.924. The molecule has 1 aromatic rings. The van der Waals surface area contributed by atoms with Crippen LogP contribution in [-0.4, -0.2) is 30.6 Å². The number of halogens is 3. The second-order valence-electron chi connectivity index (χ2n) is 5.25. The van der Waals surface area contributed by atoms with Gasteiger partial charge in [-0.1, -0.05) is 12.1 Å². The van der Waals surface area contributed by atoms with E-state index in [0.717, 1.165) is 12.5 Å². The van der Waals surface area contributed by atoms with Gasteiger partial charge < -0.3 is 10.2 Å². The third-order valence-electron chi connectivity index (χ3n) is 4.14. The number of piperidine rings is 3. The lowest BCUT2D eigenvalue weighted by Crippen LogP contribution is -2.55. The van der Waals surface area contributed by atoms with Crippen molar-refractivity contribution in [3.8, 4) is 0 Å². The Labute approximate surface area is 126 Å². The van der Waals surface area contributed by atoms with Gasteiger partial charge in [0.2, 0.25) is 0 Å². The molecule has 3 aliphatic rings. The van der Waals surface area contributed by atoms with Crippen molar-refractivity contribution >= 4 is 24.8 Å². The van der Waals surface area contributed by atoms with Crippen LogP contribution in [-0.2, 0) is 6.54 Å². The predicted molar refractivity (Wildman–Crippen MR) is 80.7 cm³/mol. The van der Waals surface area contributed by atoms with Crippen LogP contribution in [0.2, 0.25) is 0 Å². The number of rotatable bonds is 3. The molecule has 3 fully saturated rings. The Kier molecular flexibility index (Phi) is 6.54. The highest BCUT2D eigenvalue weighted by atomic mass is 35.5. The second-order valence-corrected chi connectivity index (χ2v) is 5.25. The topological polar surface area (TPSA) is 15.3 Å². The molecule has 1 unspecified atom stereocenters. The molecule has 2 nitrogen and oxygen atoms in total. The summed E-state index contributed by atoms with van der Waals surface area (Å²) in [5.74, 6) is 0.692. The standard InChI is InChI=1S/C14H19FN2.2ClH/c15-13-3-1-11(2-4-13)9-16-14-10-17-7-5-12(14)6-8-17;;/h1-4,12,14,16H,5-10H2;2*1H. The summed E-state index contributed by atoms with van der Waals surface area (Å²) >= 11 is 0. The Morgan fingerprint density at radius 1 is 1.11 bits per heavy atom. The van der Waals surface area contributed by atoms with Gasteiger partial charge in [0.15, 0.2) is 0 Å². The highest BCUT2D eigenvalue weighted by molar-refractivity contribution is 5.85. The van der Waals surface area contributed by atoms with E-state index in [2.05, 4.69) is 10.2 Å². The summed E-state index contributed by atoms with van der Waals surface area (Å²) in [4.78, 5) is 2.54. The molecule has 2 bridgehead atoms. The summed E-state index contributed by atoms with van der Waals surface area (Å²) in [6, 6.07) is 7.43. The first-order valence-electron chi connectivity index (χ1n) is 6.51. The summed E-state index contributed by atoms with van der Waals surface area (Å²) in [5, 5.41) is 3.62. The minimum atomic E-state index is -0.156. The van der Waals surface area contributed by atoms with Crippen molar-refractivity contribution in [2.75, 3.05) is 19.6 Å². The molecule has 1 N–H and O–H groups in total. The van der Waals surface area contributed by atoms with E-state index in [0.29, 0.717) is 6.04 Å². The Balaban J connectivity index is 0.000000902. The molecule has 0 amide bonds. The number of hydrogen-bond acceptors (Lipinski definition) is 2. The molecule has 1 aromatic carbocycles. The van der Waals surface area contributed by atoms with E-state index in [4.69, 9.17) is 0 Å². The van der Waals surface area contributed by atoms with E-state index in [1.165, 1.54) is 50.2 Å². The molecule has 4 rings (SSSR count). The lowest BCUT2D eigenvalue weighted by molar-refractivity contribution is 0.0720. The maximum Gasteiger partial charge on any atom is 0.123 e. The van der Waals surface area contributed by atoms with Crippen LogP contribution in [0.4, 0.5) is 4.39 Å². The van der Waals surface area contributed by atoms with Gasteiger partial charge in [0, 0.05) is 19.1 Å². The van der Waals surface area contributed by atoms with Gasteiger partial charge in [-0.3, -0.25) is 0 Å². The van der Waals surface area contributed by atoms with Gasteiger partial charge in [0.25, 0.3) is 0 Å². The lowest BCUT2D eigenvalue weighted by Gasteiger charge is -2.45. The maximum atomic E-state index is 12.8. The Hall–Kier alpha value is -0.350. The van der Waals surface area contributed by atoms with Gasteiger partial charge in [-0.25, -0.2) is 4.39 Å². The molecule has 19 heavy (non-hydrogen) atoms. The van der Waals surface area contributed by atoms with E-state index in [1.807, 2.05) is 12.1 Å². The molecular formula is C14H21Cl2FN2. The minimum absolute atomic E-state index is 0. The maximum absolute atomic E-state index is 12.8. The van der Waals surface area contributed by atoms with Crippen molar-refractivity contribution in [1.82, 2.24) is 10.2 Å². The van der Waals surface area contributed by atoms with Crippen molar-refractivity contribution in [2.45, 2.75) is 25.4 Å². The van der Waals surface area contributed by atoms with E-state index in [-0.39, 0.29) is 30.6 Å². The molecular weight excluding hydrogens is 286 g/mol. The van der Waals surface area contributed by atoms with Crippen LogP contribution in [0.5, 0.6) is 0 Å². The normalized spacial score (nSPS) is 28.4. The molecule has 0 radical (unpaired) electrons. The van der Waals surface area contributed by atoms with E-state index < -0.39 is 0 Å². The van der Waals surface area contributed by atoms with Crippen LogP contribution < -0.4 is 5.32 Å².